The lowest BCUT2D eigenvalue weighted by Crippen LogP contribution is -2.45. The van der Waals surface area contributed by atoms with Crippen LogP contribution in [0.3, 0.4) is 0 Å². The molecule has 8 heteroatoms. The number of rotatable bonds is 8. The van der Waals surface area contributed by atoms with Crippen molar-refractivity contribution in [2.24, 2.45) is 4.99 Å². The van der Waals surface area contributed by atoms with E-state index in [9.17, 15) is 8.42 Å². The lowest BCUT2D eigenvalue weighted by molar-refractivity contribution is 0.0694. The van der Waals surface area contributed by atoms with Crippen LogP contribution in [0.5, 0.6) is 5.75 Å². The van der Waals surface area contributed by atoms with E-state index in [1.54, 1.807) is 6.92 Å². The zero-order valence-corrected chi connectivity index (χ0v) is 17.5. The SMILES string of the molecule is CCNC(=NCCCNS(=O)(=O)CC)NC1CC(C)(C)Oc2ccccc21. The van der Waals surface area contributed by atoms with Gasteiger partial charge in [0.1, 0.15) is 11.4 Å². The topological polar surface area (TPSA) is 91.8 Å². The Morgan fingerprint density at radius 3 is 2.74 bits per heavy atom. The van der Waals surface area contributed by atoms with Crippen molar-refractivity contribution in [3.8, 4) is 5.75 Å². The van der Waals surface area contributed by atoms with Crippen LogP contribution in [0.2, 0.25) is 0 Å². The highest BCUT2D eigenvalue weighted by Gasteiger charge is 2.33. The van der Waals surface area contributed by atoms with Gasteiger partial charge < -0.3 is 15.4 Å². The van der Waals surface area contributed by atoms with Gasteiger partial charge in [0.2, 0.25) is 10.0 Å². The van der Waals surface area contributed by atoms with Gasteiger partial charge >= 0.3 is 0 Å². The number of guanidine groups is 1. The van der Waals surface area contributed by atoms with Crippen molar-refractivity contribution in [1.29, 1.82) is 0 Å². The maximum absolute atomic E-state index is 11.5. The summed E-state index contributed by atoms with van der Waals surface area (Å²) in [4.78, 5) is 4.59. The molecule has 27 heavy (non-hydrogen) atoms. The molecular weight excluding hydrogens is 364 g/mol. The quantitative estimate of drug-likeness (QED) is 0.356. The molecule has 0 radical (unpaired) electrons. The van der Waals surface area contributed by atoms with Crippen LogP contribution in [-0.4, -0.2) is 45.4 Å². The standard InChI is InChI=1S/C19H32N4O3S/c1-5-20-18(21-12-9-13-22-27(24,25)6-2)23-16-14-19(3,4)26-17-11-8-7-10-15(16)17/h7-8,10-11,16,22H,5-6,9,12-14H2,1-4H3,(H2,20,21,23). The zero-order valence-electron chi connectivity index (χ0n) is 16.7. The maximum atomic E-state index is 11.5. The molecule has 7 nitrogen and oxygen atoms in total. The Kier molecular flexibility index (Phi) is 7.49. The molecule has 1 aromatic rings. The van der Waals surface area contributed by atoms with Crippen molar-refractivity contribution in [1.82, 2.24) is 15.4 Å². The second-order valence-electron chi connectivity index (χ2n) is 7.21. The smallest absolute Gasteiger partial charge is 0.211 e. The molecule has 1 aliphatic rings. The van der Waals surface area contributed by atoms with Gasteiger partial charge in [-0.15, -0.1) is 0 Å². The van der Waals surface area contributed by atoms with E-state index in [-0.39, 0.29) is 17.4 Å². The molecule has 0 spiro atoms. The van der Waals surface area contributed by atoms with Gasteiger partial charge in [0.15, 0.2) is 5.96 Å². The van der Waals surface area contributed by atoms with Gasteiger partial charge in [-0.3, -0.25) is 4.99 Å². The van der Waals surface area contributed by atoms with E-state index in [1.807, 2.05) is 25.1 Å². The molecule has 0 saturated heterocycles. The van der Waals surface area contributed by atoms with Crippen LogP contribution in [0.4, 0.5) is 0 Å². The summed E-state index contributed by atoms with van der Waals surface area (Å²) in [6.45, 7) is 9.50. The van der Waals surface area contributed by atoms with Crippen LogP contribution in [-0.2, 0) is 10.0 Å². The van der Waals surface area contributed by atoms with Crippen LogP contribution in [0, 0.1) is 0 Å². The van der Waals surface area contributed by atoms with Crippen molar-refractivity contribution < 1.29 is 13.2 Å². The van der Waals surface area contributed by atoms with Crippen molar-refractivity contribution in [3.05, 3.63) is 29.8 Å². The average Bonchev–Trinajstić information content (AvgIpc) is 2.60. The predicted octanol–water partition coefficient (Wildman–Crippen LogP) is 2.17. The first kappa shape index (κ1) is 21.5. The number of para-hydroxylation sites is 1. The number of hydrogen-bond donors (Lipinski definition) is 3. The van der Waals surface area contributed by atoms with Crippen LogP contribution < -0.4 is 20.1 Å². The molecule has 1 atom stereocenters. The summed E-state index contributed by atoms with van der Waals surface area (Å²) >= 11 is 0. The Bertz CT molecular complexity index is 747. The first-order chi connectivity index (χ1) is 12.8. The summed E-state index contributed by atoms with van der Waals surface area (Å²) in [6.07, 6.45) is 1.47. The van der Waals surface area contributed by atoms with Gasteiger partial charge in [0, 0.05) is 31.6 Å². The number of ether oxygens (including phenoxy) is 1. The fourth-order valence-electron chi connectivity index (χ4n) is 3.02. The summed E-state index contributed by atoms with van der Waals surface area (Å²) in [7, 11) is -3.14. The Labute approximate surface area is 163 Å². The van der Waals surface area contributed by atoms with E-state index in [0.29, 0.717) is 19.5 Å². The number of benzene rings is 1. The van der Waals surface area contributed by atoms with Crippen molar-refractivity contribution in [2.75, 3.05) is 25.4 Å². The van der Waals surface area contributed by atoms with Gasteiger partial charge in [0.25, 0.3) is 0 Å². The number of nitrogens with one attached hydrogen (secondary N) is 3. The molecule has 0 bridgehead atoms. The van der Waals surface area contributed by atoms with Crippen LogP contribution >= 0.6 is 0 Å². The first-order valence-corrected chi connectivity index (χ1v) is 11.2. The van der Waals surface area contributed by atoms with Crippen molar-refractivity contribution in [2.45, 2.75) is 52.2 Å². The van der Waals surface area contributed by atoms with Crippen LogP contribution in [0.15, 0.2) is 29.3 Å². The van der Waals surface area contributed by atoms with E-state index >= 15 is 0 Å². The van der Waals surface area contributed by atoms with E-state index in [0.717, 1.165) is 30.2 Å². The molecule has 1 aliphatic heterocycles. The summed E-state index contributed by atoms with van der Waals surface area (Å²) in [5.41, 5.74) is 0.861. The highest BCUT2D eigenvalue weighted by molar-refractivity contribution is 7.89. The van der Waals surface area contributed by atoms with E-state index in [4.69, 9.17) is 4.74 Å². The first-order valence-electron chi connectivity index (χ1n) is 9.56. The maximum Gasteiger partial charge on any atom is 0.211 e. The van der Waals surface area contributed by atoms with Crippen molar-refractivity contribution in [3.63, 3.8) is 0 Å². The predicted molar refractivity (Wildman–Crippen MR) is 110 cm³/mol. The molecule has 3 N–H and O–H groups in total. The monoisotopic (exact) mass is 396 g/mol. The van der Waals surface area contributed by atoms with Crippen LogP contribution in [0.1, 0.15) is 52.1 Å². The van der Waals surface area contributed by atoms with Crippen LogP contribution in [0.25, 0.3) is 0 Å². The Hall–Kier alpha value is -1.80. The molecule has 1 unspecified atom stereocenters. The third-order valence-corrected chi connectivity index (χ3v) is 5.74. The van der Waals surface area contributed by atoms with Crippen molar-refractivity contribution >= 4 is 16.0 Å². The largest absolute Gasteiger partial charge is 0.487 e. The molecular formula is C19H32N4O3S. The third-order valence-electron chi connectivity index (χ3n) is 4.34. The Balaban J connectivity index is 2.00. The summed E-state index contributed by atoms with van der Waals surface area (Å²) in [5, 5.41) is 6.77. The minimum absolute atomic E-state index is 0.0966. The number of aliphatic imine (C=N–C) groups is 1. The normalized spacial score (nSPS) is 19.1. The molecule has 1 aromatic carbocycles. The van der Waals surface area contributed by atoms with Gasteiger partial charge in [-0.1, -0.05) is 18.2 Å². The minimum Gasteiger partial charge on any atom is -0.487 e. The number of hydrogen-bond acceptors (Lipinski definition) is 4. The number of nitrogens with zero attached hydrogens (tertiary/aromatic N) is 1. The highest BCUT2D eigenvalue weighted by atomic mass is 32.2. The number of fused-ring (bicyclic) bond motifs is 1. The van der Waals surface area contributed by atoms with Gasteiger partial charge in [-0.2, -0.15) is 0 Å². The molecule has 0 saturated carbocycles. The molecule has 0 amide bonds. The summed E-state index contributed by atoms with van der Waals surface area (Å²) in [6, 6.07) is 8.16. The van der Waals surface area contributed by atoms with E-state index in [1.165, 1.54) is 0 Å². The lowest BCUT2D eigenvalue weighted by atomic mass is 9.90. The molecule has 152 valence electrons. The molecule has 0 aliphatic carbocycles. The Morgan fingerprint density at radius 1 is 1.30 bits per heavy atom. The zero-order chi connectivity index (χ0) is 19.9. The number of sulfonamides is 1. The highest BCUT2D eigenvalue weighted by Crippen LogP contribution is 2.39. The second kappa shape index (κ2) is 9.41. The molecule has 2 rings (SSSR count). The van der Waals surface area contributed by atoms with Gasteiger partial charge in [-0.05, 0) is 40.2 Å². The van der Waals surface area contributed by atoms with Gasteiger partial charge in [-0.25, -0.2) is 13.1 Å². The summed E-state index contributed by atoms with van der Waals surface area (Å²) in [5.74, 6) is 1.73. The third kappa shape index (κ3) is 6.70. The average molecular weight is 397 g/mol. The van der Waals surface area contributed by atoms with Gasteiger partial charge in [0.05, 0.1) is 11.8 Å². The molecule has 1 heterocycles. The minimum atomic E-state index is -3.14. The summed E-state index contributed by atoms with van der Waals surface area (Å²) < 4.78 is 31.6. The van der Waals surface area contributed by atoms with E-state index in [2.05, 4.69) is 40.3 Å². The van der Waals surface area contributed by atoms with E-state index < -0.39 is 10.0 Å². The fraction of sp³-hybridized carbons (Fsp3) is 0.632. The molecule has 0 fully saturated rings. The lowest BCUT2D eigenvalue weighted by Gasteiger charge is -2.38. The fourth-order valence-corrected chi connectivity index (χ4v) is 3.68. The second-order valence-corrected chi connectivity index (χ2v) is 9.31. The Morgan fingerprint density at radius 2 is 2.04 bits per heavy atom. The molecule has 0 aromatic heterocycles.